The molecule has 0 bridgehead atoms. The average Bonchev–Trinajstić information content (AvgIpc) is 3.04. The van der Waals surface area contributed by atoms with E-state index in [4.69, 9.17) is 9.72 Å². The molecule has 176 valence electrons. The number of piperidine rings is 1. The van der Waals surface area contributed by atoms with E-state index in [1.807, 2.05) is 46.1 Å². The molecule has 1 amide bonds. The minimum absolute atomic E-state index is 0.112. The van der Waals surface area contributed by atoms with Crippen molar-refractivity contribution >= 4 is 23.2 Å². The number of hydrogen-bond acceptors (Lipinski definition) is 6. The van der Waals surface area contributed by atoms with Crippen molar-refractivity contribution in [3.05, 3.63) is 32.0 Å². The maximum Gasteiger partial charge on any atom is 0.407 e. The van der Waals surface area contributed by atoms with Gasteiger partial charge in [-0.1, -0.05) is 11.1 Å². The third kappa shape index (κ3) is 5.05. The number of nitrogens with zero attached hydrogens (tertiary/aromatic N) is 4. The van der Waals surface area contributed by atoms with Crippen molar-refractivity contribution in [3.63, 3.8) is 0 Å². The number of aryl methyl sites for hydroxylation is 1. The Balaban J connectivity index is 2.00. The van der Waals surface area contributed by atoms with E-state index in [9.17, 15) is 14.4 Å². The number of anilines is 1. The van der Waals surface area contributed by atoms with E-state index < -0.39 is 22.9 Å². The lowest BCUT2D eigenvalue weighted by molar-refractivity contribution is 0.0500. The minimum atomic E-state index is -0.569. The molecular formula is C22H34N6O4. The standard InChI is InChI=1S/C22H34N6O4/c1-13(2)14(3)11-28-16-17(26(7)20(30)25-18(16)29)24-19(28)27-10-8-9-15(12-27)23-21(31)32-22(4,5)6/h15H,8-12H2,1-7H3,(H,23,31)(H,25,29,30). The van der Waals surface area contributed by atoms with Gasteiger partial charge in [-0.3, -0.25) is 14.3 Å². The molecule has 0 aromatic carbocycles. The van der Waals surface area contributed by atoms with Crippen molar-refractivity contribution in [2.45, 2.75) is 72.6 Å². The molecule has 0 aliphatic carbocycles. The number of carbonyl (C=O) groups excluding carboxylic acids is 1. The number of amides is 1. The lowest BCUT2D eigenvalue weighted by atomic mass is 10.1. The molecule has 1 aliphatic rings. The van der Waals surface area contributed by atoms with E-state index in [-0.39, 0.29) is 6.04 Å². The SMILES string of the molecule is CC(C)=C(C)Cn1c(N2CCCC(NC(=O)OC(C)(C)C)C2)nc2c1c(=O)[nH]c(=O)n2C. The van der Waals surface area contributed by atoms with Gasteiger partial charge in [0.1, 0.15) is 5.60 Å². The van der Waals surface area contributed by atoms with E-state index in [1.54, 1.807) is 7.05 Å². The fourth-order valence-electron chi connectivity index (χ4n) is 3.76. The number of aromatic amines is 1. The van der Waals surface area contributed by atoms with Gasteiger partial charge in [0.15, 0.2) is 11.2 Å². The number of imidazole rings is 1. The number of ether oxygens (including phenoxy) is 1. The van der Waals surface area contributed by atoms with Crippen molar-refractivity contribution in [2.24, 2.45) is 7.05 Å². The van der Waals surface area contributed by atoms with Crippen molar-refractivity contribution < 1.29 is 9.53 Å². The molecule has 2 aromatic rings. The molecule has 0 spiro atoms. The monoisotopic (exact) mass is 446 g/mol. The first-order valence-electron chi connectivity index (χ1n) is 10.9. The van der Waals surface area contributed by atoms with E-state index in [1.165, 1.54) is 4.57 Å². The second kappa shape index (κ2) is 8.84. The Hall–Kier alpha value is -3.04. The Labute approximate surface area is 187 Å². The molecular weight excluding hydrogens is 412 g/mol. The maximum atomic E-state index is 12.7. The van der Waals surface area contributed by atoms with Crippen molar-refractivity contribution in [1.82, 2.24) is 24.4 Å². The lowest BCUT2D eigenvalue weighted by Crippen LogP contribution is -2.49. The van der Waals surface area contributed by atoms with Gasteiger partial charge >= 0.3 is 11.8 Å². The molecule has 1 atom stereocenters. The molecule has 3 heterocycles. The largest absolute Gasteiger partial charge is 0.444 e. The zero-order chi connectivity index (χ0) is 23.8. The minimum Gasteiger partial charge on any atom is -0.444 e. The van der Waals surface area contributed by atoms with Crippen LogP contribution in [-0.4, -0.2) is 49.9 Å². The van der Waals surface area contributed by atoms with Crippen LogP contribution in [0.4, 0.5) is 10.7 Å². The molecule has 2 N–H and O–H groups in total. The van der Waals surface area contributed by atoms with Crippen molar-refractivity contribution in [3.8, 4) is 0 Å². The predicted molar refractivity (Wildman–Crippen MR) is 124 cm³/mol. The van der Waals surface area contributed by atoms with Crippen LogP contribution in [0.3, 0.4) is 0 Å². The fraction of sp³-hybridized carbons (Fsp3) is 0.636. The van der Waals surface area contributed by atoms with E-state index >= 15 is 0 Å². The van der Waals surface area contributed by atoms with Gasteiger partial charge in [-0.05, 0) is 54.4 Å². The number of rotatable bonds is 4. The normalized spacial score (nSPS) is 16.8. The topological polar surface area (TPSA) is 114 Å². The van der Waals surface area contributed by atoms with Gasteiger partial charge < -0.3 is 19.5 Å². The number of allylic oxidation sites excluding steroid dienone is 2. The lowest BCUT2D eigenvalue weighted by Gasteiger charge is -2.34. The van der Waals surface area contributed by atoms with Crippen LogP contribution in [0.2, 0.25) is 0 Å². The quantitative estimate of drug-likeness (QED) is 0.697. The van der Waals surface area contributed by atoms with E-state index in [2.05, 4.69) is 15.2 Å². The molecule has 10 nitrogen and oxygen atoms in total. The molecule has 10 heteroatoms. The molecule has 3 rings (SSSR count). The predicted octanol–water partition coefficient (Wildman–Crippen LogP) is 2.27. The van der Waals surface area contributed by atoms with E-state index in [0.29, 0.717) is 30.2 Å². The summed E-state index contributed by atoms with van der Waals surface area (Å²) in [4.78, 5) is 46.3. The highest BCUT2D eigenvalue weighted by Crippen LogP contribution is 2.25. The number of carbonyl (C=O) groups is 1. The zero-order valence-corrected chi connectivity index (χ0v) is 20.0. The zero-order valence-electron chi connectivity index (χ0n) is 20.0. The van der Waals surface area contributed by atoms with E-state index in [0.717, 1.165) is 30.5 Å². The van der Waals surface area contributed by atoms with Gasteiger partial charge in [0.2, 0.25) is 5.95 Å². The summed E-state index contributed by atoms with van der Waals surface area (Å²) in [5.41, 5.74) is 1.45. The first kappa shape index (κ1) is 23.6. The molecule has 1 fully saturated rings. The Bertz CT molecular complexity index is 1160. The Morgan fingerprint density at radius 3 is 2.56 bits per heavy atom. The Morgan fingerprint density at radius 1 is 1.25 bits per heavy atom. The highest BCUT2D eigenvalue weighted by Gasteiger charge is 2.28. The third-order valence-corrected chi connectivity index (χ3v) is 5.66. The van der Waals surface area contributed by atoms with Crippen LogP contribution in [0.1, 0.15) is 54.4 Å². The number of hydrogen-bond donors (Lipinski definition) is 2. The van der Waals surface area contributed by atoms with Gasteiger partial charge in [0.05, 0.1) is 0 Å². The average molecular weight is 447 g/mol. The second-order valence-electron chi connectivity index (χ2n) is 9.70. The van der Waals surface area contributed by atoms with Gasteiger partial charge in [0.25, 0.3) is 5.56 Å². The molecule has 2 aromatic heterocycles. The second-order valence-corrected chi connectivity index (χ2v) is 9.70. The highest BCUT2D eigenvalue weighted by atomic mass is 16.6. The van der Waals surface area contributed by atoms with Gasteiger partial charge in [-0.25, -0.2) is 9.59 Å². The van der Waals surface area contributed by atoms with Gasteiger partial charge in [0, 0.05) is 32.7 Å². The van der Waals surface area contributed by atoms with Crippen LogP contribution >= 0.6 is 0 Å². The molecule has 0 saturated carbocycles. The van der Waals surface area contributed by atoms with Crippen LogP contribution in [-0.2, 0) is 18.3 Å². The molecule has 1 saturated heterocycles. The fourth-order valence-corrected chi connectivity index (χ4v) is 3.76. The summed E-state index contributed by atoms with van der Waals surface area (Å²) in [6.07, 6.45) is 1.22. The molecule has 1 unspecified atom stereocenters. The van der Waals surface area contributed by atoms with Crippen LogP contribution in [0.15, 0.2) is 20.7 Å². The van der Waals surface area contributed by atoms with Crippen molar-refractivity contribution in [1.29, 1.82) is 0 Å². The summed E-state index contributed by atoms with van der Waals surface area (Å²) in [7, 11) is 1.60. The summed E-state index contributed by atoms with van der Waals surface area (Å²) < 4.78 is 8.62. The van der Waals surface area contributed by atoms with Gasteiger partial charge in [-0.15, -0.1) is 0 Å². The van der Waals surface area contributed by atoms with Gasteiger partial charge in [-0.2, -0.15) is 4.98 Å². The van der Waals surface area contributed by atoms with Crippen LogP contribution in [0, 0.1) is 0 Å². The summed E-state index contributed by atoms with van der Waals surface area (Å²) in [5, 5.41) is 2.95. The molecule has 0 radical (unpaired) electrons. The summed E-state index contributed by atoms with van der Waals surface area (Å²) in [5.74, 6) is 0.614. The smallest absolute Gasteiger partial charge is 0.407 e. The van der Waals surface area contributed by atoms with Crippen molar-refractivity contribution in [2.75, 3.05) is 18.0 Å². The highest BCUT2D eigenvalue weighted by molar-refractivity contribution is 5.75. The number of H-pyrrole nitrogens is 1. The Morgan fingerprint density at radius 2 is 1.94 bits per heavy atom. The summed E-state index contributed by atoms with van der Waals surface area (Å²) in [6, 6.07) is -0.112. The Kier molecular flexibility index (Phi) is 6.52. The number of nitrogens with one attached hydrogen (secondary N) is 2. The summed E-state index contributed by atoms with van der Waals surface area (Å²) >= 11 is 0. The number of aromatic nitrogens is 4. The van der Waals surface area contributed by atoms with Crippen LogP contribution in [0.5, 0.6) is 0 Å². The first-order chi connectivity index (χ1) is 14.9. The maximum absolute atomic E-state index is 12.7. The molecule has 32 heavy (non-hydrogen) atoms. The first-order valence-corrected chi connectivity index (χ1v) is 10.9. The third-order valence-electron chi connectivity index (χ3n) is 5.66. The number of alkyl carbamates (subject to hydrolysis) is 1. The van der Waals surface area contributed by atoms with Crippen LogP contribution < -0.4 is 21.5 Å². The summed E-state index contributed by atoms with van der Waals surface area (Å²) in [6.45, 7) is 13.3. The van der Waals surface area contributed by atoms with Crippen LogP contribution in [0.25, 0.3) is 11.2 Å². The molecule has 1 aliphatic heterocycles. The number of fused-ring (bicyclic) bond motifs is 1.